The van der Waals surface area contributed by atoms with Gasteiger partial charge in [0, 0.05) is 17.1 Å². The van der Waals surface area contributed by atoms with Crippen LogP contribution in [-0.2, 0) is 24.2 Å². The fourth-order valence-electron chi connectivity index (χ4n) is 3.28. The van der Waals surface area contributed by atoms with Crippen LogP contribution < -0.4 is 5.73 Å². The predicted octanol–water partition coefficient (Wildman–Crippen LogP) is 4.85. The Balaban J connectivity index is 1.56. The molecule has 1 aliphatic rings. The van der Waals surface area contributed by atoms with Crippen LogP contribution >= 0.6 is 23.1 Å². The standard InChI is InChI=1S/C20H23N3OS2/c1-3-20(2)11-14-15(12-24-20)26-18-16(14)17(21)22-19(23-18)25-10-9-13-7-5-4-6-8-13/h4-8H,3,9-12H2,1-2H3,(H2,21,22,23)/t20-/m1/s1. The van der Waals surface area contributed by atoms with Crippen LogP contribution in [0, 0.1) is 0 Å². The Morgan fingerprint density at radius 1 is 1.27 bits per heavy atom. The number of aromatic nitrogens is 2. The first-order valence-corrected chi connectivity index (χ1v) is 10.8. The Kier molecular flexibility index (Phi) is 4.90. The van der Waals surface area contributed by atoms with Crippen LogP contribution in [0.2, 0.25) is 0 Å². The molecule has 2 N–H and O–H groups in total. The lowest BCUT2D eigenvalue weighted by molar-refractivity contribution is -0.0542. The highest BCUT2D eigenvalue weighted by Crippen LogP contribution is 2.41. The number of hydrogen-bond donors (Lipinski definition) is 1. The summed E-state index contributed by atoms with van der Waals surface area (Å²) in [6, 6.07) is 10.5. The van der Waals surface area contributed by atoms with E-state index >= 15 is 0 Å². The molecule has 6 heteroatoms. The lowest BCUT2D eigenvalue weighted by Crippen LogP contribution is -2.33. The molecule has 0 radical (unpaired) electrons. The monoisotopic (exact) mass is 385 g/mol. The van der Waals surface area contributed by atoms with E-state index in [1.807, 2.05) is 6.07 Å². The fourth-order valence-corrected chi connectivity index (χ4v) is 5.28. The second kappa shape index (κ2) is 7.18. The van der Waals surface area contributed by atoms with Gasteiger partial charge >= 0.3 is 0 Å². The van der Waals surface area contributed by atoms with Crippen molar-refractivity contribution in [2.75, 3.05) is 11.5 Å². The van der Waals surface area contributed by atoms with Crippen LogP contribution in [0.25, 0.3) is 10.2 Å². The lowest BCUT2D eigenvalue weighted by Gasteiger charge is -2.33. The summed E-state index contributed by atoms with van der Waals surface area (Å²) in [6.45, 7) is 4.99. The maximum Gasteiger partial charge on any atom is 0.190 e. The number of benzene rings is 1. The minimum absolute atomic E-state index is 0.115. The SMILES string of the molecule is CC[C@]1(C)Cc2c(sc3nc(SCCc4ccccc4)nc(N)c23)CO1. The zero-order chi connectivity index (χ0) is 18.1. The third kappa shape index (κ3) is 3.46. The molecular formula is C20H23N3OS2. The highest BCUT2D eigenvalue weighted by Gasteiger charge is 2.32. The molecule has 26 heavy (non-hydrogen) atoms. The van der Waals surface area contributed by atoms with Gasteiger partial charge in [0.25, 0.3) is 0 Å². The molecule has 0 fully saturated rings. The fraction of sp³-hybridized carbons (Fsp3) is 0.400. The number of anilines is 1. The van der Waals surface area contributed by atoms with E-state index in [1.54, 1.807) is 23.1 Å². The molecule has 136 valence electrons. The summed E-state index contributed by atoms with van der Waals surface area (Å²) in [5.41, 5.74) is 8.85. The molecule has 0 bridgehead atoms. The number of thioether (sulfide) groups is 1. The summed E-state index contributed by atoms with van der Waals surface area (Å²) in [6.07, 6.45) is 2.86. The van der Waals surface area contributed by atoms with E-state index in [9.17, 15) is 0 Å². The van der Waals surface area contributed by atoms with Crippen molar-refractivity contribution < 1.29 is 4.74 Å². The van der Waals surface area contributed by atoms with Crippen molar-refractivity contribution in [1.82, 2.24) is 9.97 Å². The van der Waals surface area contributed by atoms with E-state index < -0.39 is 0 Å². The van der Waals surface area contributed by atoms with Gasteiger partial charge in [-0.1, -0.05) is 49.0 Å². The van der Waals surface area contributed by atoms with Crippen LogP contribution in [0.3, 0.4) is 0 Å². The molecule has 1 aromatic carbocycles. The van der Waals surface area contributed by atoms with E-state index in [4.69, 9.17) is 15.5 Å². The van der Waals surface area contributed by atoms with E-state index in [-0.39, 0.29) is 5.60 Å². The summed E-state index contributed by atoms with van der Waals surface area (Å²) in [5, 5.41) is 1.81. The Bertz CT molecular complexity index is 926. The molecule has 0 saturated heterocycles. The van der Waals surface area contributed by atoms with Gasteiger partial charge in [-0.15, -0.1) is 11.3 Å². The molecule has 2 aromatic heterocycles. The maximum atomic E-state index is 6.34. The van der Waals surface area contributed by atoms with Gasteiger partial charge in [-0.3, -0.25) is 0 Å². The average Bonchev–Trinajstić information content (AvgIpc) is 3.00. The van der Waals surface area contributed by atoms with Gasteiger partial charge < -0.3 is 10.5 Å². The normalized spacial score (nSPS) is 19.6. The van der Waals surface area contributed by atoms with Gasteiger partial charge in [0.05, 0.1) is 17.6 Å². The van der Waals surface area contributed by atoms with Crippen molar-refractivity contribution in [2.45, 2.75) is 50.5 Å². The molecule has 4 rings (SSSR count). The van der Waals surface area contributed by atoms with Crippen molar-refractivity contribution in [3.05, 3.63) is 46.3 Å². The molecule has 0 saturated carbocycles. The molecule has 1 atom stereocenters. The molecular weight excluding hydrogens is 362 g/mol. The van der Waals surface area contributed by atoms with Crippen LogP contribution in [0.5, 0.6) is 0 Å². The number of nitrogens with zero attached hydrogens (tertiary/aromatic N) is 2. The number of thiophene rings is 1. The summed E-state index contributed by atoms with van der Waals surface area (Å²) in [4.78, 5) is 11.6. The van der Waals surface area contributed by atoms with Gasteiger partial charge in [-0.2, -0.15) is 0 Å². The van der Waals surface area contributed by atoms with E-state index in [1.165, 1.54) is 16.0 Å². The second-order valence-electron chi connectivity index (χ2n) is 6.93. The van der Waals surface area contributed by atoms with Crippen molar-refractivity contribution in [1.29, 1.82) is 0 Å². The second-order valence-corrected chi connectivity index (χ2v) is 9.07. The number of nitrogen functional groups attached to an aromatic ring is 1. The minimum atomic E-state index is -0.115. The number of fused-ring (bicyclic) bond motifs is 3. The summed E-state index contributed by atoms with van der Waals surface area (Å²) in [7, 11) is 0. The van der Waals surface area contributed by atoms with Crippen molar-refractivity contribution >= 4 is 39.1 Å². The first-order valence-electron chi connectivity index (χ1n) is 8.96. The van der Waals surface area contributed by atoms with Gasteiger partial charge in [0.1, 0.15) is 10.6 Å². The topological polar surface area (TPSA) is 61.0 Å². The number of hydrogen-bond acceptors (Lipinski definition) is 6. The molecule has 3 heterocycles. The van der Waals surface area contributed by atoms with Crippen molar-refractivity contribution in [3.63, 3.8) is 0 Å². The van der Waals surface area contributed by atoms with Crippen molar-refractivity contribution in [2.24, 2.45) is 0 Å². The van der Waals surface area contributed by atoms with E-state index in [0.717, 1.165) is 40.4 Å². The average molecular weight is 386 g/mol. The van der Waals surface area contributed by atoms with Gasteiger partial charge in [-0.05, 0) is 30.9 Å². The summed E-state index contributed by atoms with van der Waals surface area (Å²) < 4.78 is 6.07. The Morgan fingerprint density at radius 2 is 2.08 bits per heavy atom. The van der Waals surface area contributed by atoms with Gasteiger partial charge in [0.2, 0.25) is 0 Å². The summed E-state index contributed by atoms with van der Waals surface area (Å²) in [5.74, 6) is 1.55. The minimum Gasteiger partial charge on any atom is -0.383 e. The van der Waals surface area contributed by atoms with E-state index in [2.05, 4.69) is 43.1 Å². The smallest absolute Gasteiger partial charge is 0.190 e. The third-order valence-electron chi connectivity index (χ3n) is 5.06. The molecule has 0 spiro atoms. The quantitative estimate of drug-likeness (QED) is 0.502. The Morgan fingerprint density at radius 3 is 2.85 bits per heavy atom. The molecule has 0 aliphatic carbocycles. The highest BCUT2D eigenvalue weighted by atomic mass is 32.2. The number of aryl methyl sites for hydroxylation is 1. The first kappa shape index (κ1) is 17.8. The molecule has 4 nitrogen and oxygen atoms in total. The number of rotatable bonds is 5. The van der Waals surface area contributed by atoms with Crippen molar-refractivity contribution in [3.8, 4) is 0 Å². The molecule has 3 aromatic rings. The first-order chi connectivity index (χ1) is 12.6. The van der Waals surface area contributed by atoms with Gasteiger partial charge in [0.15, 0.2) is 5.16 Å². The maximum absolute atomic E-state index is 6.34. The summed E-state index contributed by atoms with van der Waals surface area (Å²) >= 11 is 3.37. The number of nitrogens with two attached hydrogens (primary N) is 1. The van der Waals surface area contributed by atoms with Crippen LogP contribution in [0.15, 0.2) is 35.5 Å². The molecule has 0 amide bonds. The predicted molar refractivity (Wildman–Crippen MR) is 110 cm³/mol. The zero-order valence-electron chi connectivity index (χ0n) is 15.1. The Hall–Kier alpha value is -1.63. The van der Waals surface area contributed by atoms with Crippen LogP contribution in [0.4, 0.5) is 5.82 Å². The largest absolute Gasteiger partial charge is 0.383 e. The lowest BCUT2D eigenvalue weighted by atomic mass is 9.90. The van der Waals surface area contributed by atoms with Crippen LogP contribution in [0.1, 0.15) is 36.3 Å². The van der Waals surface area contributed by atoms with E-state index in [0.29, 0.717) is 12.4 Å². The third-order valence-corrected chi connectivity index (χ3v) is 7.01. The molecule has 0 unspecified atom stereocenters. The number of ether oxygens (including phenoxy) is 1. The Labute approximate surface area is 162 Å². The highest BCUT2D eigenvalue weighted by molar-refractivity contribution is 7.99. The zero-order valence-corrected chi connectivity index (χ0v) is 16.8. The molecule has 1 aliphatic heterocycles. The van der Waals surface area contributed by atoms with Gasteiger partial charge in [-0.25, -0.2) is 9.97 Å². The van der Waals surface area contributed by atoms with Crippen LogP contribution in [-0.4, -0.2) is 21.3 Å².